The highest BCUT2D eigenvalue weighted by atomic mass is 16.2. The van der Waals surface area contributed by atoms with Crippen molar-refractivity contribution in [3.8, 4) is 0 Å². The molecule has 0 atom stereocenters. The van der Waals surface area contributed by atoms with Crippen LogP contribution in [0.3, 0.4) is 0 Å². The Morgan fingerprint density at radius 1 is 1.14 bits per heavy atom. The molecule has 3 aliphatic heterocycles. The summed E-state index contributed by atoms with van der Waals surface area (Å²) >= 11 is 0. The number of hydrogen-bond acceptors (Lipinski definition) is 4. The molecular formula is C15H26N4O2. The summed E-state index contributed by atoms with van der Waals surface area (Å²) in [4.78, 5) is 29.1. The third-order valence-electron chi connectivity index (χ3n) is 5.25. The summed E-state index contributed by atoms with van der Waals surface area (Å²) in [6.45, 7) is 7.88. The molecule has 3 fully saturated rings. The van der Waals surface area contributed by atoms with E-state index in [1.54, 1.807) is 0 Å². The summed E-state index contributed by atoms with van der Waals surface area (Å²) in [5.74, 6) is 0.0165. The normalized spacial score (nSPS) is 27.7. The van der Waals surface area contributed by atoms with Crippen LogP contribution in [0.15, 0.2) is 0 Å². The Balaban J connectivity index is 1.71. The zero-order valence-corrected chi connectivity index (χ0v) is 13.0. The molecule has 0 aliphatic carbocycles. The van der Waals surface area contributed by atoms with E-state index in [1.165, 1.54) is 4.90 Å². The van der Waals surface area contributed by atoms with Crippen molar-refractivity contribution in [2.24, 2.45) is 0 Å². The van der Waals surface area contributed by atoms with Gasteiger partial charge < -0.3 is 15.5 Å². The molecule has 6 heteroatoms. The molecule has 118 valence electrons. The number of carbonyl (C=O) groups excluding carboxylic acids is 2. The second-order valence-corrected chi connectivity index (χ2v) is 6.80. The summed E-state index contributed by atoms with van der Waals surface area (Å²) in [6, 6.07) is 0.390. The Morgan fingerprint density at radius 3 is 2.33 bits per heavy atom. The monoisotopic (exact) mass is 294 g/mol. The van der Waals surface area contributed by atoms with E-state index in [0.29, 0.717) is 6.04 Å². The summed E-state index contributed by atoms with van der Waals surface area (Å²) in [7, 11) is 0. The van der Waals surface area contributed by atoms with E-state index in [-0.39, 0.29) is 18.0 Å². The van der Waals surface area contributed by atoms with E-state index < -0.39 is 5.54 Å². The van der Waals surface area contributed by atoms with Crippen LogP contribution >= 0.6 is 0 Å². The van der Waals surface area contributed by atoms with Crippen molar-refractivity contribution in [3.05, 3.63) is 0 Å². The first-order valence-corrected chi connectivity index (χ1v) is 8.14. The Morgan fingerprint density at radius 2 is 1.76 bits per heavy atom. The van der Waals surface area contributed by atoms with Crippen molar-refractivity contribution < 1.29 is 9.59 Å². The van der Waals surface area contributed by atoms with Gasteiger partial charge in [-0.3, -0.25) is 9.69 Å². The van der Waals surface area contributed by atoms with Crippen LogP contribution < -0.4 is 10.6 Å². The van der Waals surface area contributed by atoms with Gasteiger partial charge in [0.15, 0.2) is 0 Å². The van der Waals surface area contributed by atoms with Crippen molar-refractivity contribution in [1.29, 1.82) is 0 Å². The molecule has 0 bridgehead atoms. The molecule has 0 unspecified atom stereocenters. The average molecular weight is 294 g/mol. The molecule has 0 aromatic heterocycles. The van der Waals surface area contributed by atoms with Gasteiger partial charge in [0.05, 0.1) is 0 Å². The van der Waals surface area contributed by atoms with Gasteiger partial charge in [-0.05, 0) is 52.6 Å². The number of nitrogens with zero attached hydrogens (tertiary/aromatic N) is 2. The Labute approximate surface area is 126 Å². The zero-order valence-electron chi connectivity index (χ0n) is 13.0. The molecule has 3 aliphatic rings. The molecule has 3 heterocycles. The number of hydrogen-bond donors (Lipinski definition) is 2. The van der Waals surface area contributed by atoms with Gasteiger partial charge in [-0.1, -0.05) is 0 Å². The lowest BCUT2D eigenvalue weighted by atomic mass is 9.86. The van der Waals surface area contributed by atoms with Crippen LogP contribution in [0.1, 0.15) is 39.5 Å². The fraction of sp³-hybridized carbons (Fsp3) is 0.867. The molecule has 0 aromatic carbocycles. The number of carbonyl (C=O) groups is 2. The van der Waals surface area contributed by atoms with Crippen LogP contribution in [0.5, 0.6) is 0 Å². The fourth-order valence-electron chi connectivity index (χ4n) is 3.80. The van der Waals surface area contributed by atoms with E-state index in [2.05, 4.69) is 29.4 Å². The van der Waals surface area contributed by atoms with Gasteiger partial charge in [-0.15, -0.1) is 0 Å². The smallest absolute Gasteiger partial charge is 0.323 e. The zero-order chi connectivity index (χ0) is 15.0. The predicted molar refractivity (Wildman–Crippen MR) is 79.9 cm³/mol. The number of likely N-dealkylation sites (tertiary alicyclic amines) is 1. The number of imide groups is 1. The minimum absolute atomic E-state index is 0.0165. The van der Waals surface area contributed by atoms with Gasteiger partial charge in [0, 0.05) is 25.2 Å². The van der Waals surface area contributed by atoms with E-state index in [1.807, 2.05) is 0 Å². The van der Waals surface area contributed by atoms with Crippen LogP contribution in [0.4, 0.5) is 4.79 Å². The second-order valence-electron chi connectivity index (χ2n) is 6.80. The van der Waals surface area contributed by atoms with Crippen LogP contribution in [0.25, 0.3) is 0 Å². The fourth-order valence-corrected chi connectivity index (χ4v) is 3.80. The molecule has 2 N–H and O–H groups in total. The Bertz CT molecular complexity index is 423. The quantitative estimate of drug-likeness (QED) is 0.729. The van der Waals surface area contributed by atoms with Crippen molar-refractivity contribution >= 4 is 11.9 Å². The Hall–Kier alpha value is -1.14. The second kappa shape index (κ2) is 5.57. The maximum atomic E-state index is 12.9. The topological polar surface area (TPSA) is 64.7 Å². The van der Waals surface area contributed by atoms with Gasteiger partial charge in [0.25, 0.3) is 5.91 Å². The maximum absolute atomic E-state index is 12.9. The lowest BCUT2D eigenvalue weighted by Crippen LogP contribution is -2.56. The standard InChI is InChI=1S/C15H26N4O2/c1-11(2)18-9-5-15(6-10-18)13(20)19(14(21)17-15)12-3-7-16-8-4-12/h11-12,16H,3-10H2,1-2H3,(H,17,21). The molecule has 3 rings (SSSR count). The molecular weight excluding hydrogens is 268 g/mol. The molecule has 21 heavy (non-hydrogen) atoms. The van der Waals surface area contributed by atoms with Crippen LogP contribution in [-0.4, -0.2) is 65.5 Å². The molecule has 0 aromatic rings. The number of piperidine rings is 2. The van der Waals surface area contributed by atoms with E-state index in [9.17, 15) is 9.59 Å². The molecule has 3 amide bonds. The van der Waals surface area contributed by atoms with Crippen molar-refractivity contribution in [3.63, 3.8) is 0 Å². The number of amides is 3. The summed E-state index contributed by atoms with van der Waals surface area (Å²) < 4.78 is 0. The maximum Gasteiger partial charge on any atom is 0.325 e. The first kappa shape index (κ1) is 14.8. The van der Waals surface area contributed by atoms with Crippen molar-refractivity contribution in [2.45, 2.75) is 57.2 Å². The van der Waals surface area contributed by atoms with Crippen molar-refractivity contribution in [1.82, 2.24) is 20.4 Å². The number of rotatable bonds is 2. The SMILES string of the molecule is CC(C)N1CCC2(CC1)NC(=O)N(C1CCNCC1)C2=O. The van der Waals surface area contributed by atoms with Gasteiger partial charge in [0.2, 0.25) is 0 Å². The number of nitrogens with one attached hydrogen (secondary N) is 2. The third kappa shape index (κ3) is 2.55. The number of urea groups is 1. The third-order valence-corrected chi connectivity index (χ3v) is 5.25. The highest BCUT2D eigenvalue weighted by molar-refractivity contribution is 6.07. The highest BCUT2D eigenvalue weighted by Crippen LogP contribution is 2.32. The van der Waals surface area contributed by atoms with Crippen molar-refractivity contribution in [2.75, 3.05) is 26.2 Å². The molecule has 3 saturated heterocycles. The summed E-state index contributed by atoms with van der Waals surface area (Å²) in [5, 5.41) is 6.30. The first-order valence-electron chi connectivity index (χ1n) is 8.14. The molecule has 0 saturated carbocycles. The van der Waals surface area contributed by atoms with Crippen LogP contribution in [0.2, 0.25) is 0 Å². The van der Waals surface area contributed by atoms with Gasteiger partial charge in [0.1, 0.15) is 5.54 Å². The van der Waals surface area contributed by atoms with E-state index in [0.717, 1.165) is 51.9 Å². The minimum Gasteiger partial charge on any atom is -0.323 e. The van der Waals surface area contributed by atoms with Crippen LogP contribution in [0, 0.1) is 0 Å². The minimum atomic E-state index is -0.632. The predicted octanol–water partition coefficient (Wildman–Crippen LogP) is 0.533. The summed E-state index contributed by atoms with van der Waals surface area (Å²) in [5.41, 5.74) is -0.632. The Kier molecular flexibility index (Phi) is 3.92. The molecule has 0 radical (unpaired) electrons. The van der Waals surface area contributed by atoms with E-state index >= 15 is 0 Å². The van der Waals surface area contributed by atoms with Gasteiger partial charge in [-0.25, -0.2) is 4.79 Å². The first-order chi connectivity index (χ1) is 10.0. The van der Waals surface area contributed by atoms with E-state index in [4.69, 9.17) is 0 Å². The van der Waals surface area contributed by atoms with Crippen LogP contribution in [-0.2, 0) is 4.79 Å². The molecule has 1 spiro atoms. The molecule has 6 nitrogen and oxygen atoms in total. The largest absolute Gasteiger partial charge is 0.325 e. The average Bonchev–Trinajstić information content (AvgIpc) is 2.71. The highest BCUT2D eigenvalue weighted by Gasteiger charge is 2.54. The van der Waals surface area contributed by atoms with Gasteiger partial charge in [-0.2, -0.15) is 0 Å². The van der Waals surface area contributed by atoms with Gasteiger partial charge >= 0.3 is 6.03 Å². The lowest BCUT2D eigenvalue weighted by molar-refractivity contribution is -0.135. The summed E-state index contributed by atoms with van der Waals surface area (Å²) in [6.07, 6.45) is 3.20. The lowest BCUT2D eigenvalue weighted by Gasteiger charge is -2.39.